The Labute approximate surface area is 134 Å². The molecule has 1 saturated carbocycles. The Bertz CT molecular complexity index is 751. The van der Waals surface area contributed by atoms with Crippen LogP contribution in [0, 0.1) is 5.92 Å². The van der Waals surface area contributed by atoms with Crippen molar-refractivity contribution in [1.82, 2.24) is 15.2 Å². The molecule has 1 N–H and O–H groups in total. The molecule has 0 aliphatic heterocycles. The Morgan fingerprint density at radius 1 is 1.30 bits per heavy atom. The van der Waals surface area contributed by atoms with E-state index >= 15 is 0 Å². The SMILES string of the molecule is COc1ccc(S(=O)(=O)Nc2nnc(CC3CCCC3)o2)cn1. The Morgan fingerprint density at radius 3 is 2.74 bits per heavy atom. The highest BCUT2D eigenvalue weighted by atomic mass is 32.2. The standard InChI is InChI=1S/C14H18N4O4S/c1-21-12-7-6-11(9-15-12)23(19,20)18-14-17-16-13(22-14)8-10-4-2-3-5-10/h6-7,9-10H,2-5,8H2,1H3,(H,17,18). The summed E-state index contributed by atoms with van der Waals surface area (Å²) in [5.41, 5.74) is 0. The maximum absolute atomic E-state index is 12.2. The van der Waals surface area contributed by atoms with Gasteiger partial charge in [-0.25, -0.2) is 18.1 Å². The molecule has 0 bridgehead atoms. The maximum atomic E-state index is 12.2. The summed E-state index contributed by atoms with van der Waals surface area (Å²) in [4.78, 5) is 3.87. The molecular weight excluding hydrogens is 320 g/mol. The number of methoxy groups -OCH3 is 1. The lowest BCUT2D eigenvalue weighted by atomic mass is 10.0. The molecule has 0 aromatic carbocycles. The number of sulfonamides is 1. The third-order valence-corrected chi connectivity index (χ3v) is 5.16. The molecule has 1 aliphatic rings. The maximum Gasteiger partial charge on any atom is 0.329 e. The van der Waals surface area contributed by atoms with Gasteiger partial charge in [-0.05, 0) is 24.8 Å². The summed E-state index contributed by atoms with van der Waals surface area (Å²) in [7, 11) is -2.36. The van der Waals surface area contributed by atoms with Crippen LogP contribution in [0.2, 0.25) is 0 Å². The van der Waals surface area contributed by atoms with Crippen LogP contribution < -0.4 is 9.46 Å². The number of hydrogen-bond donors (Lipinski definition) is 1. The van der Waals surface area contributed by atoms with Crippen LogP contribution in [0.25, 0.3) is 0 Å². The third kappa shape index (κ3) is 3.79. The molecule has 0 amide bonds. The Kier molecular flexibility index (Phi) is 4.46. The van der Waals surface area contributed by atoms with E-state index in [1.165, 1.54) is 38.3 Å². The molecule has 2 aromatic rings. The summed E-state index contributed by atoms with van der Waals surface area (Å²) in [6.07, 6.45) is 6.66. The second-order valence-electron chi connectivity index (χ2n) is 5.50. The zero-order chi connectivity index (χ0) is 16.3. The van der Waals surface area contributed by atoms with Crippen molar-refractivity contribution in [1.29, 1.82) is 0 Å². The molecule has 124 valence electrons. The molecule has 0 radical (unpaired) electrons. The molecule has 2 heterocycles. The van der Waals surface area contributed by atoms with Crippen molar-refractivity contribution < 1.29 is 17.6 Å². The second kappa shape index (κ2) is 6.53. The van der Waals surface area contributed by atoms with Gasteiger partial charge < -0.3 is 9.15 Å². The fourth-order valence-corrected chi connectivity index (χ4v) is 3.53. The van der Waals surface area contributed by atoms with Crippen molar-refractivity contribution in [3.05, 3.63) is 24.2 Å². The Hall–Kier alpha value is -2.16. The van der Waals surface area contributed by atoms with E-state index in [2.05, 4.69) is 19.9 Å². The summed E-state index contributed by atoms with van der Waals surface area (Å²) < 4.78 is 37.0. The van der Waals surface area contributed by atoms with Crippen LogP contribution in [0.4, 0.5) is 6.01 Å². The van der Waals surface area contributed by atoms with Crippen molar-refractivity contribution in [2.75, 3.05) is 11.8 Å². The van der Waals surface area contributed by atoms with Crippen LogP contribution in [-0.2, 0) is 16.4 Å². The number of pyridine rings is 1. The molecule has 23 heavy (non-hydrogen) atoms. The fourth-order valence-electron chi connectivity index (χ4n) is 2.66. The van der Waals surface area contributed by atoms with E-state index in [1.54, 1.807) is 0 Å². The molecule has 2 aromatic heterocycles. The van der Waals surface area contributed by atoms with Crippen LogP contribution in [0.15, 0.2) is 27.6 Å². The number of aromatic nitrogens is 3. The van der Waals surface area contributed by atoms with Crippen molar-refractivity contribution >= 4 is 16.0 Å². The van der Waals surface area contributed by atoms with Gasteiger partial charge in [-0.1, -0.05) is 17.9 Å². The van der Waals surface area contributed by atoms with Crippen LogP contribution in [0.5, 0.6) is 5.88 Å². The lowest BCUT2D eigenvalue weighted by molar-refractivity contribution is 0.397. The zero-order valence-electron chi connectivity index (χ0n) is 12.7. The minimum Gasteiger partial charge on any atom is -0.481 e. The highest BCUT2D eigenvalue weighted by Crippen LogP contribution is 2.28. The summed E-state index contributed by atoms with van der Waals surface area (Å²) in [5, 5.41) is 7.66. The molecule has 0 spiro atoms. The summed E-state index contributed by atoms with van der Waals surface area (Å²) in [6.45, 7) is 0. The molecule has 3 rings (SSSR count). The predicted octanol–water partition coefficient (Wildman–Crippen LogP) is 2.01. The topological polar surface area (TPSA) is 107 Å². The average molecular weight is 338 g/mol. The average Bonchev–Trinajstić information content (AvgIpc) is 3.20. The van der Waals surface area contributed by atoms with Crippen LogP contribution in [0.1, 0.15) is 31.6 Å². The molecule has 8 nitrogen and oxygen atoms in total. The molecule has 0 saturated heterocycles. The van der Waals surface area contributed by atoms with E-state index in [-0.39, 0.29) is 10.9 Å². The predicted molar refractivity (Wildman–Crippen MR) is 81.6 cm³/mol. The van der Waals surface area contributed by atoms with Gasteiger partial charge in [-0.15, -0.1) is 5.10 Å². The van der Waals surface area contributed by atoms with Gasteiger partial charge in [0, 0.05) is 12.5 Å². The van der Waals surface area contributed by atoms with E-state index in [0.29, 0.717) is 24.1 Å². The van der Waals surface area contributed by atoms with Crippen LogP contribution >= 0.6 is 0 Å². The smallest absolute Gasteiger partial charge is 0.329 e. The summed E-state index contributed by atoms with van der Waals surface area (Å²) in [6, 6.07) is 2.73. The van der Waals surface area contributed by atoms with Gasteiger partial charge in [-0.3, -0.25) is 0 Å². The first-order valence-corrected chi connectivity index (χ1v) is 8.90. The minimum absolute atomic E-state index is 0.00570. The molecular formula is C14H18N4O4S. The Balaban J connectivity index is 1.68. The number of nitrogens with one attached hydrogen (secondary N) is 1. The number of ether oxygens (including phenoxy) is 1. The van der Waals surface area contributed by atoms with E-state index in [0.717, 1.165) is 12.8 Å². The number of hydrogen-bond acceptors (Lipinski definition) is 7. The minimum atomic E-state index is -3.82. The van der Waals surface area contributed by atoms with Crippen LogP contribution in [-0.4, -0.2) is 30.7 Å². The van der Waals surface area contributed by atoms with Gasteiger partial charge in [0.1, 0.15) is 4.90 Å². The van der Waals surface area contributed by atoms with Gasteiger partial charge >= 0.3 is 6.01 Å². The van der Waals surface area contributed by atoms with Crippen molar-refractivity contribution in [2.45, 2.75) is 37.0 Å². The lowest BCUT2D eigenvalue weighted by Crippen LogP contribution is -2.13. The molecule has 1 fully saturated rings. The van der Waals surface area contributed by atoms with E-state index in [9.17, 15) is 8.42 Å². The molecule has 9 heteroatoms. The lowest BCUT2D eigenvalue weighted by Gasteiger charge is -2.05. The first kappa shape index (κ1) is 15.7. The largest absolute Gasteiger partial charge is 0.481 e. The number of rotatable bonds is 6. The zero-order valence-corrected chi connectivity index (χ0v) is 13.5. The summed E-state index contributed by atoms with van der Waals surface area (Å²) >= 11 is 0. The quantitative estimate of drug-likeness (QED) is 0.858. The fraction of sp³-hybridized carbons (Fsp3) is 0.500. The van der Waals surface area contributed by atoms with Gasteiger partial charge in [0.15, 0.2) is 0 Å². The van der Waals surface area contributed by atoms with Crippen molar-refractivity contribution in [3.63, 3.8) is 0 Å². The van der Waals surface area contributed by atoms with Crippen LogP contribution in [0.3, 0.4) is 0 Å². The first-order valence-electron chi connectivity index (χ1n) is 7.42. The second-order valence-corrected chi connectivity index (χ2v) is 7.18. The van der Waals surface area contributed by atoms with Gasteiger partial charge in [0.2, 0.25) is 11.8 Å². The van der Waals surface area contributed by atoms with Gasteiger partial charge in [0.05, 0.1) is 13.3 Å². The highest BCUT2D eigenvalue weighted by molar-refractivity contribution is 7.92. The van der Waals surface area contributed by atoms with Crippen molar-refractivity contribution in [2.24, 2.45) is 5.92 Å². The molecule has 0 unspecified atom stereocenters. The molecule has 1 aliphatic carbocycles. The van der Waals surface area contributed by atoms with E-state index < -0.39 is 10.0 Å². The third-order valence-electron chi connectivity index (χ3n) is 3.86. The monoisotopic (exact) mass is 338 g/mol. The summed E-state index contributed by atoms with van der Waals surface area (Å²) in [5.74, 6) is 1.34. The highest BCUT2D eigenvalue weighted by Gasteiger charge is 2.21. The normalized spacial score (nSPS) is 15.7. The first-order chi connectivity index (χ1) is 11.1. The van der Waals surface area contributed by atoms with Gasteiger partial charge in [-0.2, -0.15) is 0 Å². The number of anilines is 1. The van der Waals surface area contributed by atoms with E-state index in [1.807, 2.05) is 0 Å². The molecule has 0 atom stereocenters. The number of nitrogens with zero attached hydrogens (tertiary/aromatic N) is 3. The Morgan fingerprint density at radius 2 is 2.09 bits per heavy atom. The van der Waals surface area contributed by atoms with Gasteiger partial charge in [0.25, 0.3) is 10.0 Å². The van der Waals surface area contributed by atoms with Crippen molar-refractivity contribution in [3.8, 4) is 5.88 Å². The van der Waals surface area contributed by atoms with E-state index in [4.69, 9.17) is 9.15 Å².